The first-order valence-corrected chi connectivity index (χ1v) is 11.4. The van der Waals surface area contributed by atoms with Crippen LogP contribution in [0, 0.1) is 0 Å². The number of hydroxylamine groups is 2. The summed E-state index contributed by atoms with van der Waals surface area (Å²) in [6, 6.07) is 15.4. The van der Waals surface area contributed by atoms with Crippen molar-refractivity contribution < 1.29 is 19.2 Å². The van der Waals surface area contributed by atoms with Crippen molar-refractivity contribution in [3.8, 4) is 0 Å². The number of benzene rings is 2. The summed E-state index contributed by atoms with van der Waals surface area (Å²) in [7, 11) is 1.84. The number of amides is 2. The number of hydrogen-bond acceptors (Lipinski definition) is 8. The average molecular weight is 484 g/mol. The van der Waals surface area contributed by atoms with E-state index in [1.807, 2.05) is 54.4 Å². The van der Waals surface area contributed by atoms with E-state index >= 15 is 0 Å². The predicted molar refractivity (Wildman–Crippen MR) is 114 cm³/mol. The summed E-state index contributed by atoms with van der Waals surface area (Å²) in [4.78, 5) is 46.2. The summed E-state index contributed by atoms with van der Waals surface area (Å²) >= 11 is 0.0686. The third kappa shape index (κ3) is 5.04. The van der Waals surface area contributed by atoms with Gasteiger partial charge < -0.3 is 0 Å². The molecular formula is C21H19N5O4Se. The molecule has 3 aromatic rings. The van der Waals surface area contributed by atoms with Crippen LogP contribution in [0.2, 0.25) is 0 Å². The summed E-state index contributed by atoms with van der Waals surface area (Å²) in [5.74, 6) is -1.59. The van der Waals surface area contributed by atoms with Crippen molar-refractivity contribution in [2.24, 2.45) is 10.2 Å². The number of rotatable bonds is 7. The summed E-state index contributed by atoms with van der Waals surface area (Å²) in [6.07, 6.45) is 0.200. The van der Waals surface area contributed by atoms with Crippen molar-refractivity contribution in [2.45, 2.75) is 19.3 Å². The molecular weight excluding hydrogens is 465 g/mol. The number of fused-ring (bicyclic) bond motifs is 1. The molecule has 31 heavy (non-hydrogen) atoms. The number of nitrogens with zero attached hydrogens (tertiary/aromatic N) is 5. The maximum atomic E-state index is 11.9. The number of para-hydroxylation sites is 1. The van der Waals surface area contributed by atoms with Gasteiger partial charge in [-0.3, -0.25) is 9.59 Å². The van der Waals surface area contributed by atoms with Gasteiger partial charge in [0.05, 0.1) is 0 Å². The van der Waals surface area contributed by atoms with Gasteiger partial charge >= 0.3 is 145 Å². The van der Waals surface area contributed by atoms with E-state index in [1.165, 1.54) is 4.26 Å². The molecule has 0 bridgehead atoms. The van der Waals surface area contributed by atoms with Crippen LogP contribution in [0.3, 0.4) is 0 Å². The molecule has 1 aliphatic rings. The van der Waals surface area contributed by atoms with E-state index in [4.69, 9.17) is 4.84 Å². The van der Waals surface area contributed by atoms with Crippen molar-refractivity contribution in [3.05, 3.63) is 48.5 Å². The van der Waals surface area contributed by atoms with E-state index in [1.54, 1.807) is 0 Å². The molecule has 0 N–H and O–H groups in total. The van der Waals surface area contributed by atoms with E-state index < -0.39 is 17.8 Å². The molecule has 0 spiro atoms. The van der Waals surface area contributed by atoms with Crippen LogP contribution in [0.4, 0.5) is 16.1 Å². The Morgan fingerprint density at radius 2 is 1.81 bits per heavy atom. The van der Waals surface area contributed by atoms with E-state index in [0.29, 0.717) is 17.3 Å². The molecule has 4 rings (SSSR count). The minimum atomic E-state index is -0.624. The molecule has 1 aromatic heterocycles. The van der Waals surface area contributed by atoms with Crippen LogP contribution < -0.4 is 4.90 Å². The Kier molecular flexibility index (Phi) is 6.20. The second-order valence-electron chi connectivity index (χ2n) is 6.90. The van der Waals surface area contributed by atoms with Crippen molar-refractivity contribution in [1.29, 1.82) is 0 Å². The van der Waals surface area contributed by atoms with Gasteiger partial charge in [-0.25, -0.2) is 0 Å². The first-order chi connectivity index (χ1) is 15.0. The Bertz CT molecular complexity index is 1110. The first kappa shape index (κ1) is 20.9. The molecule has 1 fully saturated rings. The van der Waals surface area contributed by atoms with Gasteiger partial charge in [0.1, 0.15) is 0 Å². The summed E-state index contributed by atoms with van der Waals surface area (Å²) in [5, 5.41) is 9.10. The van der Waals surface area contributed by atoms with Gasteiger partial charge in [-0.1, -0.05) is 0 Å². The molecule has 1 saturated heterocycles. The zero-order valence-corrected chi connectivity index (χ0v) is 18.4. The quantitative estimate of drug-likeness (QED) is 0.290. The SMILES string of the molecule is CN(CCC(=O)ON1C(=O)CCC1=O)c1ccc(N=Nc2nc3ccccc3[se]2)cc1. The van der Waals surface area contributed by atoms with Gasteiger partial charge in [0.15, 0.2) is 0 Å². The van der Waals surface area contributed by atoms with Crippen LogP contribution in [0.1, 0.15) is 19.3 Å². The molecule has 2 heterocycles. The third-order valence-corrected chi connectivity index (χ3v) is 6.61. The molecule has 2 amide bonds. The molecule has 0 unspecified atom stereocenters. The minimum absolute atomic E-state index is 0.0392. The Labute approximate surface area is 184 Å². The Morgan fingerprint density at radius 3 is 2.52 bits per heavy atom. The van der Waals surface area contributed by atoms with Crippen LogP contribution in [0.25, 0.3) is 9.78 Å². The predicted octanol–water partition coefficient (Wildman–Crippen LogP) is 3.14. The molecule has 9 nitrogen and oxygen atoms in total. The van der Waals surface area contributed by atoms with Crippen molar-refractivity contribution in [1.82, 2.24) is 10.0 Å². The van der Waals surface area contributed by atoms with Crippen LogP contribution in [0.15, 0.2) is 58.8 Å². The number of anilines is 1. The van der Waals surface area contributed by atoms with Gasteiger partial charge in [-0.15, -0.1) is 5.06 Å². The molecule has 0 atom stereocenters. The molecule has 0 radical (unpaired) electrons. The number of azo groups is 1. The molecule has 0 saturated carbocycles. The average Bonchev–Trinajstić information content (AvgIpc) is 3.34. The van der Waals surface area contributed by atoms with Crippen LogP contribution in [-0.2, 0) is 19.2 Å². The van der Waals surface area contributed by atoms with Crippen LogP contribution in [-0.4, -0.2) is 55.9 Å². The number of hydrogen-bond donors (Lipinski definition) is 0. The van der Waals surface area contributed by atoms with Crippen molar-refractivity contribution >= 4 is 58.1 Å². The standard InChI is InChI=1S/C21H19N5O4Se/c1-25(13-12-20(29)30-26-18(27)10-11-19(26)28)15-8-6-14(7-9-15)23-24-21-22-16-4-2-3-5-17(16)31-21/h2-9H,10-13H2,1H3. The van der Waals surface area contributed by atoms with Gasteiger partial charge in [-0.2, -0.15) is 0 Å². The maximum absolute atomic E-state index is 11.9. The Hall–Kier alpha value is -3.36. The van der Waals surface area contributed by atoms with E-state index in [0.717, 1.165) is 15.9 Å². The number of imide groups is 1. The van der Waals surface area contributed by atoms with Crippen molar-refractivity contribution in [3.63, 3.8) is 0 Å². The first-order valence-electron chi connectivity index (χ1n) is 9.65. The molecule has 0 aliphatic carbocycles. The summed E-state index contributed by atoms with van der Waals surface area (Å²) in [5.41, 5.74) is 2.55. The number of aromatic nitrogens is 1. The fourth-order valence-electron chi connectivity index (χ4n) is 2.97. The summed E-state index contributed by atoms with van der Waals surface area (Å²) < 4.78 is 1.95. The molecule has 10 heteroatoms. The van der Waals surface area contributed by atoms with Crippen LogP contribution in [0.5, 0.6) is 0 Å². The number of carbonyl (C=O) groups excluding carboxylic acids is 3. The second kappa shape index (κ2) is 9.20. The Morgan fingerprint density at radius 1 is 1.10 bits per heavy atom. The monoisotopic (exact) mass is 485 g/mol. The van der Waals surface area contributed by atoms with E-state index in [-0.39, 0.29) is 33.8 Å². The number of carbonyl (C=O) groups is 3. The normalized spacial score (nSPS) is 14.0. The van der Waals surface area contributed by atoms with Gasteiger partial charge in [0, 0.05) is 12.8 Å². The Balaban J connectivity index is 1.30. The van der Waals surface area contributed by atoms with E-state index in [2.05, 4.69) is 21.3 Å². The fraction of sp³-hybridized carbons (Fsp3) is 0.238. The van der Waals surface area contributed by atoms with E-state index in [9.17, 15) is 14.4 Å². The van der Waals surface area contributed by atoms with Gasteiger partial charge in [-0.05, 0) is 0 Å². The van der Waals surface area contributed by atoms with Gasteiger partial charge in [0.2, 0.25) is 0 Å². The topological polar surface area (TPSA) is 105 Å². The zero-order valence-electron chi connectivity index (χ0n) is 16.7. The zero-order chi connectivity index (χ0) is 21.8. The second-order valence-corrected chi connectivity index (χ2v) is 9.01. The van der Waals surface area contributed by atoms with Gasteiger partial charge in [0.25, 0.3) is 11.8 Å². The summed E-state index contributed by atoms with van der Waals surface area (Å²) in [6.45, 7) is 0.369. The third-order valence-electron chi connectivity index (χ3n) is 4.67. The fourth-order valence-corrected chi connectivity index (χ4v) is 4.62. The molecule has 2 aromatic carbocycles. The molecule has 158 valence electrons. The van der Waals surface area contributed by atoms with Crippen molar-refractivity contribution in [2.75, 3.05) is 18.5 Å². The molecule has 1 aliphatic heterocycles. The van der Waals surface area contributed by atoms with Crippen LogP contribution >= 0.6 is 0 Å².